The first-order valence-corrected chi connectivity index (χ1v) is 10.9. The van der Waals surface area contributed by atoms with Crippen molar-refractivity contribution in [1.82, 2.24) is 14.8 Å². The molecule has 2 aliphatic rings. The lowest BCUT2D eigenvalue weighted by Crippen LogP contribution is -2.57. The van der Waals surface area contributed by atoms with E-state index < -0.39 is 11.5 Å². The van der Waals surface area contributed by atoms with Gasteiger partial charge in [0.25, 0.3) is 5.91 Å². The normalized spacial score (nSPS) is 23.2. The van der Waals surface area contributed by atoms with Gasteiger partial charge >= 0.3 is 0 Å². The molecule has 0 saturated carbocycles. The van der Waals surface area contributed by atoms with Crippen LogP contribution in [-0.2, 0) is 11.8 Å². The van der Waals surface area contributed by atoms with Crippen LogP contribution >= 0.6 is 0 Å². The zero-order valence-corrected chi connectivity index (χ0v) is 17.6. The number of likely N-dealkylation sites (tertiary alicyclic amines) is 1. The van der Waals surface area contributed by atoms with Crippen molar-refractivity contribution in [1.29, 1.82) is 0 Å². The number of aromatic nitrogens is 1. The van der Waals surface area contributed by atoms with Gasteiger partial charge in [0, 0.05) is 37.2 Å². The van der Waals surface area contributed by atoms with Gasteiger partial charge in [-0.25, -0.2) is 0 Å². The van der Waals surface area contributed by atoms with Gasteiger partial charge in [0.05, 0.1) is 23.1 Å². The standard InChI is InChI=1S/C25H27N3O3/c1-27-16-19(18-9-5-6-10-20(18)27)23(30)28-13-11-25(12-14-28)15-21(29)22(26-24(25)31)17-7-3-2-4-8-17/h2-10,16,21-22,29H,11-15H2,1H3,(H,26,31)/t21-,22+/m1/s1. The van der Waals surface area contributed by atoms with E-state index >= 15 is 0 Å². The zero-order chi connectivity index (χ0) is 21.6. The summed E-state index contributed by atoms with van der Waals surface area (Å²) < 4.78 is 1.97. The molecule has 6 nitrogen and oxygen atoms in total. The quantitative estimate of drug-likeness (QED) is 0.673. The SMILES string of the molecule is Cn1cc(C(=O)N2CCC3(CC2)C[C@@H](O)[C@H](c2ccccc2)NC3=O)c2ccccc21. The number of benzene rings is 2. The molecule has 2 amide bonds. The Morgan fingerprint density at radius 1 is 1.06 bits per heavy atom. The van der Waals surface area contributed by atoms with Gasteiger partial charge in [0.1, 0.15) is 0 Å². The number of hydrogen-bond donors (Lipinski definition) is 2. The summed E-state index contributed by atoms with van der Waals surface area (Å²) in [5, 5.41) is 14.8. The number of carbonyl (C=O) groups excluding carboxylic acids is 2. The molecule has 5 rings (SSSR count). The summed E-state index contributed by atoms with van der Waals surface area (Å²) in [6.45, 7) is 1.02. The lowest BCUT2D eigenvalue weighted by Gasteiger charge is -2.46. The average molecular weight is 418 g/mol. The number of fused-ring (bicyclic) bond motifs is 1. The lowest BCUT2D eigenvalue weighted by molar-refractivity contribution is -0.143. The number of carbonyl (C=O) groups is 2. The Labute approximate surface area is 181 Å². The largest absolute Gasteiger partial charge is 0.391 e. The maximum atomic E-state index is 13.2. The van der Waals surface area contributed by atoms with Crippen molar-refractivity contribution in [3.8, 4) is 0 Å². The topological polar surface area (TPSA) is 74.6 Å². The highest BCUT2D eigenvalue weighted by Crippen LogP contribution is 2.43. The molecule has 2 fully saturated rings. The molecule has 31 heavy (non-hydrogen) atoms. The fourth-order valence-corrected chi connectivity index (χ4v) is 5.22. The van der Waals surface area contributed by atoms with E-state index in [0.717, 1.165) is 16.5 Å². The molecule has 2 N–H and O–H groups in total. The monoisotopic (exact) mass is 417 g/mol. The van der Waals surface area contributed by atoms with Crippen molar-refractivity contribution in [3.05, 3.63) is 71.9 Å². The summed E-state index contributed by atoms with van der Waals surface area (Å²) in [6.07, 6.45) is 2.80. The molecule has 0 unspecified atom stereocenters. The van der Waals surface area contributed by atoms with Gasteiger partial charge in [-0.2, -0.15) is 0 Å². The molecule has 2 saturated heterocycles. The van der Waals surface area contributed by atoms with Crippen LogP contribution in [0.15, 0.2) is 60.8 Å². The van der Waals surface area contributed by atoms with E-state index in [4.69, 9.17) is 0 Å². The molecule has 3 aromatic rings. The molecule has 2 aromatic carbocycles. The minimum absolute atomic E-state index is 0.00516. The van der Waals surface area contributed by atoms with Crippen LogP contribution in [-0.4, -0.2) is 45.6 Å². The van der Waals surface area contributed by atoms with Crippen molar-refractivity contribution in [3.63, 3.8) is 0 Å². The van der Waals surface area contributed by atoms with Crippen molar-refractivity contribution in [2.45, 2.75) is 31.4 Å². The minimum Gasteiger partial charge on any atom is -0.391 e. The molecule has 2 atom stereocenters. The van der Waals surface area contributed by atoms with Crippen molar-refractivity contribution < 1.29 is 14.7 Å². The predicted octanol–water partition coefficient (Wildman–Crippen LogP) is 3.02. The van der Waals surface area contributed by atoms with Gasteiger partial charge in [-0.05, 0) is 30.9 Å². The smallest absolute Gasteiger partial charge is 0.256 e. The Balaban J connectivity index is 1.31. The zero-order valence-electron chi connectivity index (χ0n) is 17.6. The number of nitrogens with one attached hydrogen (secondary N) is 1. The summed E-state index contributed by atoms with van der Waals surface area (Å²) in [5.74, 6) is -0.00510. The molecule has 2 aliphatic heterocycles. The van der Waals surface area contributed by atoms with Crippen LogP contribution in [0.2, 0.25) is 0 Å². The molecular formula is C25H27N3O3. The Kier molecular flexibility index (Phi) is 4.82. The van der Waals surface area contributed by atoms with Crippen LogP contribution in [0.4, 0.5) is 0 Å². The fraction of sp³-hybridized carbons (Fsp3) is 0.360. The molecule has 0 radical (unpaired) electrons. The predicted molar refractivity (Wildman–Crippen MR) is 118 cm³/mol. The van der Waals surface area contributed by atoms with E-state index in [2.05, 4.69) is 5.32 Å². The van der Waals surface area contributed by atoms with Gasteiger partial charge in [0.2, 0.25) is 5.91 Å². The molecule has 1 aromatic heterocycles. The molecule has 0 bridgehead atoms. The van der Waals surface area contributed by atoms with Gasteiger partial charge < -0.3 is 19.9 Å². The molecule has 1 spiro atoms. The number of para-hydroxylation sites is 1. The summed E-state index contributed by atoms with van der Waals surface area (Å²) in [4.78, 5) is 28.2. The second-order valence-electron chi connectivity index (χ2n) is 8.88. The number of aliphatic hydroxyl groups excluding tert-OH is 1. The Morgan fingerprint density at radius 2 is 1.74 bits per heavy atom. The summed E-state index contributed by atoms with van der Waals surface area (Å²) in [7, 11) is 1.95. The number of rotatable bonds is 2. The van der Waals surface area contributed by atoms with E-state index in [1.165, 1.54) is 0 Å². The van der Waals surface area contributed by atoms with E-state index in [-0.39, 0.29) is 17.9 Å². The van der Waals surface area contributed by atoms with Crippen LogP contribution in [0.3, 0.4) is 0 Å². The third-order valence-electron chi connectivity index (χ3n) is 7.05. The molecule has 3 heterocycles. The second kappa shape index (κ2) is 7.54. The summed E-state index contributed by atoms with van der Waals surface area (Å²) in [5.41, 5.74) is 2.04. The first-order valence-electron chi connectivity index (χ1n) is 10.9. The van der Waals surface area contributed by atoms with Crippen molar-refractivity contribution >= 4 is 22.7 Å². The average Bonchev–Trinajstić information content (AvgIpc) is 3.14. The minimum atomic E-state index is -0.639. The number of hydrogen-bond acceptors (Lipinski definition) is 3. The highest BCUT2D eigenvalue weighted by Gasteiger charge is 2.49. The highest BCUT2D eigenvalue weighted by molar-refractivity contribution is 6.07. The second-order valence-corrected chi connectivity index (χ2v) is 8.88. The van der Waals surface area contributed by atoms with Crippen LogP contribution in [0.5, 0.6) is 0 Å². The van der Waals surface area contributed by atoms with Crippen LogP contribution in [0.25, 0.3) is 10.9 Å². The summed E-state index contributed by atoms with van der Waals surface area (Å²) in [6, 6.07) is 17.1. The number of nitrogens with zero attached hydrogens (tertiary/aromatic N) is 2. The van der Waals surface area contributed by atoms with Gasteiger partial charge in [-0.3, -0.25) is 9.59 Å². The van der Waals surface area contributed by atoms with Crippen molar-refractivity contribution in [2.24, 2.45) is 12.5 Å². The van der Waals surface area contributed by atoms with Crippen molar-refractivity contribution in [2.75, 3.05) is 13.1 Å². The maximum Gasteiger partial charge on any atom is 0.256 e. The highest BCUT2D eigenvalue weighted by atomic mass is 16.3. The third-order valence-corrected chi connectivity index (χ3v) is 7.05. The van der Waals surface area contributed by atoms with Gasteiger partial charge in [-0.1, -0.05) is 48.5 Å². The van der Waals surface area contributed by atoms with E-state index in [0.29, 0.717) is 37.9 Å². The lowest BCUT2D eigenvalue weighted by atomic mass is 9.69. The number of aliphatic hydroxyl groups is 1. The fourth-order valence-electron chi connectivity index (χ4n) is 5.22. The van der Waals surface area contributed by atoms with Crippen LogP contribution < -0.4 is 5.32 Å². The maximum absolute atomic E-state index is 13.2. The number of piperidine rings is 2. The van der Waals surface area contributed by atoms with Gasteiger partial charge in [0.15, 0.2) is 0 Å². The molecule has 6 heteroatoms. The van der Waals surface area contributed by atoms with E-state index in [1.807, 2.05) is 77.3 Å². The van der Waals surface area contributed by atoms with Gasteiger partial charge in [-0.15, -0.1) is 0 Å². The first-order chi connectivity index (χ1) is 15.0. The Morgan fingerprint density at radius 3 is 2.48 bits per heavy atom. The summed E-state index contributed by atoms with van der Waals surface area (Å²) >= 11 is 0. The Hall–Kier alpha value is -3.12. The van der Waals surface area contributed by atoms with E-state index in [1.54, 1.807) is 0 Å². The van der Waals surface area contributed by atoms with Crippen LogP contribution in [0, 0.1) is 5.41 Å². The third kappa shape index (κ3) is 3.31. The first kappa shape index (κ1) is 19.8. The Bertz CT molecular complexity index is 1130. The molecular weight excluding hydrogens is 390 g/mol. The number of aryl methyl sites for hydroxylation is 1. The molecule has 0 aliphatic carbocycles. The van der Waals surface area contributed by atoms with E-state index in [9.17, 15) is 14.7 Å². The number of amides is 2. The molecule has 160 valence electrons. The van der Waals surface area contributed by atoms with Crippen LogP contribution in [0.1, 0.15) is 41.2 Å².